The summed E-state index contributed by atoms with van der Waals surface area (Å²) < 4.78 is 7.10. The lowest BCUT2D eigenvalue weighted by atomic mass is 9.70. The summed E-state index contributed by atoms with van der Waals surface area (Å²) in [7, 11) is 0. The van der Waals surface area contributed by atoms with Crippen molar-refractivity contribution >= 4 is 28.0 Å². The van der Waals surface area contributed by atoms with Crippen LogP contribution in [-0.2, 0) is 12.8 Å². The van der Waals surface area contributed by atoms with Gasteiger partial charge in [0, 0.05) is 39.4 Å². The molecule has 2 heteroatoms. The number of rotatable bonds is 0. The first-order valence-electron chi connectivity index (χ1n) is 13.5. The van der Waals surface area contributed by atoms with Crippen LogP contribution in [0.25, 0.3) is 22.3 Å². The van der Waals surface area contributed by atoms with E-state index in [1.165, 1.54) is 79.9 Å². The maximum atomic E-state index is 7.10. The van der Waals surface area contributed by atoms with E-state index in [1.54, 1.807) is 5.57 Å². The number of anilines is 1. The maximum Gasteiger partial charge on any atom is 0.140 e. The number of hydrogen-bond donors (Lipinski definition) is 0. The van der Waals surface area contributed by atoms with E-state index >= 15 is 0 Å². The predicted molar refractivity (Wildman–Crippen MR) is 148 cm³/mol. The molecule has 7 rings (SSSR count). The SMILES string of the molecule is CC1=CC(C)(C)N2CCCc3c4c(cc1c32)C(C)=c1cc2c3c(c1O4)CCCC=3C(C)(C)C=C2C. The van der Waals surface area contributed by atoms with Gasteiger partial charge < -0.3 is 9.64 Å². The molecule has 2 aliphatic carbocycles. The first kappa shape index (κ1) is 21.5. The van der Waals surface area contributed by atoms with Crippen LogP contribution in [-0.4, -0.2) is 12.1 Å². The number of nitrogens with zero attached hydrogens (tertiary/aromatic N) is 1. The molecule has 2 aromatic rings. The fourth-order valence-corrected chi connectivity index (χ4v) is 7.91. The van der Waals surface area contributed by atoms with Gasteiger partial charge in [-0.25, -0.2) is 0 Å². The molecular formula is C33H37NO. The lowest BCUT2D eigenvalue weighted by molar-refractivity contribution is 0.447. The Kier molecular flexibility index (Phi) is 4.14. The number of fused-ring (bicyclic) bond motifs is 4. The Morgan fingerprint density at radius 1 is 0.771 bits per heavy atom. The summed E-state index contributed by atoms with van der Waals surface area (Å²) in [4.78, 5) is 2.63. The second-order valence-electron chi connectivity index (χ2n) is 12.6. The minimum atomic E-state index is 0.0379. The minimum Gasteiger partial charge on any atom is -0.455 e. The molecular weight excluding hydrogens is 426 g/mol. The van der Waals surface area contributed by atoms with E-state index in [0.717, 1.165) is 30.9 Å². The number of hydrogen-bond acceptors (Lipinski definition) is 2. The molecule has 3 aliphatic heterocycles. The molecule has 0 atom stereocenters. The molecule has 0 saturated carbocycles. The molecule has 0 fully saturated rings. The van der Waals surface area contributed by atoms with Gasteiger partial charge in [0.25, 0.3) is 0 Å². The van der Waals surface area contributed by atoms with E-state index in [4.69, 9.17) is 4.74 Å². The third kappa shape index (κ3) is 2.72. The van der Waals surface area contributed by atoms with Crippen LogP contribution in [0.2, 0.25) is 0 Å². The van der Waals surface area contributed by atoms with Gasteiger partial charge in [-0.15, -0.1) is 0 Å². The molecule has 0 N–H and O–H groups in total. The van der Waals surface area contributed by atoms with Gasteiger partial charge in [-0.2, -0.15) is 0 Å². The van der Waals surface area contributed by atoms with Crippen molar-refractivity contribution in [3.8, 4) is 11.5 Å². The highest BCUT2D eigenvalue weighted by molar-refractivity contribution is 5.91. The Labute approximate surface area is 209 Å². The highest BCUT2D eigenvalue weighted by atomic mass is 16.5. The third-order valence-corrected chi connectivity index (χ3v) is 9.44. The molecule has 0 bridgehead atoms. The number of ether oxygens (including phenoxy) is 1. The molecule has 0 amide bonds. The van der Waals surface area contributed by atoms with Crippen molar-refractivity contribution in [1.29, 1.82) is 0 Å². The minimum absolute atomic E-state index is 0.0379. The van der Waals surface area contributed by atoms with Crippen molar-refractivity contribution in [1.82, 2.24) is 0 Å². The Bertz CT molecular complexity index is 1540. The summed E-state index contributed by atoms with van der Waals surface area (Å²) in [6.07, 6.45) is 10.8. The van der Waals surface area contributed by atoms with Crippen LogP contribution < -0.4 is 20.1 Å². The van der Waals surface area contributed by atoms with Gasteiger partial charge in [0.2, 0.25) is 0 Å². The lowest BCUT2D eigenvalue weighted by Crippen LogP contribution is -2.48. The van der Waals surface area contributed by atoms with Crippen LogP contribution in [0.1, 0.15) is 95.5 Å². The highest BCUT2D eigenvalue weighted by Gasteiger charge is 2.39. The maximum absolute atomic E-state index is 7.10. The molecule has 5 aliphatic rings. The summed E-state index contributed by atoms with van der Waals surface area (Å²) in [6.45, 7) is 17.5. The molecule has 180 valence electrons. The average Bonchev–Trinajstić information content (AvgIpc) is 2.80. The zero-order valence-corrected chi connectivity index (χ0v) is 22.4. The van der Waals surface area contributed by atoms with Gasteiger partial charge in [0.15, 0.2) is 0 Å². The molecule has 0 radical (unpaired) electrons. The second kappa shape index (κ2) is 6.72. The van der Waals surface area contributed by atoms with E-state index < -0.39 is 0 Å². The Morgan fingerprint density at radius 3 is 2.31 bits per heavy atom. The smallest absolute Gasteiger partial charge is 0.140 e. The Morgan fingerprint density at radius 2 is 1.51 bits per heavy atom. The van der Waals surface area contributed by atoms with Gasteiger partial charge in [0.05, 0.1) is 11.2 Å². The zero-order chi connectivity index (χ0) is 24.4. The van der Waals surface area contributed by atoms with E-state index in [2.05, 4.69) is 77.7 Å². The average molecular weight is 464 g/mol. The summed E-state index contributed by atoms with van der Waals surface area (Å²) in [5.41, 5.74) is 14.4. The van der Waals surface area contributed by atoms with E-state index in [1.807, 2.05) is 0 Å². The number of benzene rings is 2. The molecule has 0 aromatic heterocycles. The van der Waals surface area contributed by atoms with Crippen molar-refractivity contribution in [2.45, 2.75) is 86.1 Å². The fraction of sp³-hybridized carbons (Fsp3) is 0.455. The summed E-state index contributed by atoms with van der Waals surface area (Å²) in [5, 5.41) is 2.81. The second-order valence-corrected chi connectivity index (χ2v) is 12.6. The van der Waals surface area contributed by atoms with Gasteiger partial charge in [-0.05, 0) is 106 Å². The monoisotopic (exact) mass is 463 g/mol. The normalized spacial score (nSPS) is 22.3. The highest BCUT2D eigenvalue weighted by Crippen LogP contribution is 2.51. The topological polar surface area (TPSA) is 12.5 Å². The largest absolute Gasteiger partial charge is 0.455 e. The third-order valence-electron chi connectivity index (χ3n) is 9.44. The van der Waals surface area contributed by atoms with Crippen molar-refractivity contribution in [3.05, 3.63) is 62.5 Å². The van der Waals surface area contributed by atoms with Gasteiger partial charge in [-0.1, -0.05) is 31.6 Å². The zero-order valence-electron chi connectivity index (χ0n) is 22.4. The number of allylic oxidation sites excluding steroid dienone is 3. The Balaban J connectivity index is 1.58. The molecule has 0 spiro atoms. The fourth-order valence-electron chi connectivity index (χ4n) is 7.91. The summed E-state index contributed by atoms with van der Waals surface area (Å²) >= 11 is 0. The van der Waals surface area contributed by atoms with E-state index in [-0.39, 0.29) is 11.0 Å². The van der Waals surface area contributed by atoms with Gasteiger partial charge >= 0.3 is 0 Å². The molecule has 0 unspecified atom stereocenters. The van der Waals surface area contributed by atoms with Crippen molar-refractivity contribution in [2.24, 2.45) is 5.41 Å². The van der Waals surface area contributed by atoms with Crippen LogP contribution in [0.5, 0.6) is 11.5 Å². The van der Waals surface area contributed by atoms with Crippen LogP contribution >= 0.6 is 0 Å². The first-order valence-corrected chi connectivity index (χ1v) is 13.5. The summed E-state index contributed by atoms with van der Waals surface area (Å²) in [6, 6.07) is 4.88. The Hall–Kier alpha value is -2.74. The molecule has 2 aromatic carbocycles. The van der Waals surface area contributed by atoms with Gasteiger partial charge in [0.1, 0.15) is 11.5 Å². The van der Waals surface area contributed by atoms with Crippen molar-refractivity contribution in [3.63, 3.8) is 0 Å². The van der Waals surface area contributed by atoms with Crippen LogP contribution in [0.3, 0.4) is 0 Å². The van der Waals surface area contributed by atoms with Gasteiger partial charge in [-0.3, -0.25) is 0 Å². The van der Waals surface area contributed by atoms with Crippen LogP contribution in [0.15, 0.2) is 24.3 Å². The van der Waals surface area contributed by atoms with Crippen molar-refractivity contribution in [2.75, 3.05) is 11.4 Å². The predicted octanol–water partition coefficient (Wildman–Crippen LogP) is 6.89. The van der Waals surface area contributed by atoms with Crippen molar-refractivity contribution < 1.29 is 4.74 Å². The molecule has 2 nitrogen and oxygen atoms in total. The molecule has 0 saturated heterocycles. The van der Waals surface area contributed by atoms with Crippen LogP contribution in [0.4, 0.5) is 5.69 Å². The standard InChI is InChI=1S/C33H37NO/c1-18-16-32(4,5)27-12-8-10-21-28(27)23(18)14-25-20(3)26-15-24-19(2)17-33(6,7)34-13-9-11-22(29(24)34)31(26)35-30(21)25/h14-17H,8-13H2,1-7H3. The first-order chi connectivity index (χ1) is 16.6. The van der Waals surface area contributed by atoms with E-state index in [9.17, 15) is 0 Å². The van der Waals surface area contributed by atoms with Crippen LogP contribution in [0, 0.1) is 5.41 Å². The quantitative estimate of drug-likeness (QED) is 0.422. The van der Waals surface area contributed by atoms with E-state index in [0.29, 0.717) is 0 Å². The molecule has 3 heterocycles. The molecule has 35 heavy (non-hydrogen) atoms. The summed E-state index contributed by atoms with van der Waals surface area (Å²) in [5.74, 6) is 2.28. The lowest BCUT2D eigenvalue weighted by Gasteiger charge is -2.47.